The Bertz CT molecular complexity index is 279. The Morgan fingerprint density at radius 3 is 2.58 bits per heavy atom. The Morgan fingerprint density at radius 1 is 1.26 bits per heavy atom. The molecule has 19 heavy (non-hydrogen) atoms. The van der Waals surface area contributed by atoms with Gasteiger partial charge in [-0.1, -0.05) is 6.92 Å². The van der Waals surface area contributed by atoms with Gasteiger partial charge >= 0.3 is 0 Å². The summed E-state index contributed by atoms with van der Waals surface area (Å²) in [6.45, 7) is 9.57. The third-order valence-corrected chi connectivity index (χ3v) is 4.98. The fraction of sp³-hybridized carbons (Fsp3) is 1.00. The Morgan fingerprint density at radius 2 is 2.00 bits per heavy atom. The van der Waals surface area contributed by atoms with Gasteiger partial charge in [0, 0.05) is 37.8 Å². The number of nitrogens with two attached hydrogens (primary N) is 1. The summed E-state index contributed by atoms with van der Waals surface area (Å²) in [4.78, 5) is 5.18. The first-order valence-electron chi connectivity index (χ1n) is 7.92. The van der Waals surface area contributed by atoms with E-state index in [4.69, 9.17) is 10.5 Å². The zero-order chi connectivity index (χ0) is 13.9. The summed E-state index contributed by atoms with van der Waals surface area (Å²) in [6, 6.07) is 0.652. The van der Waals surface area contributed by atoms with Crippen molar-refractivity contribution in [3.05, 3.63) is 0 Å². The molecule has 1 saturated carbocycles. The summed E-state index contributed by atoms with van der Waals surface area (Å²) in [6.07, 6.45) is 5.15. The molecule has 2 aliphatic rings. The first-order valence-corrected chi connectivity index (χ1v) is 7.92. The Labute approximate surface area is 118 Å². The van der Waals surface area contributed by atoms with Crippen LogP contribution in [0.15, 0.2) is 0 Å². The molecule has 1 saturated heterocycles. The van der Waals surface area contributed by atoms with Crippen LogP contribution >= 0.6 is 0 Å². The maximum atomic E-state index is 6.15. The minimum Gasteiger partial charge on any atom is -0.378 e. The van der Waals surface area contributed by atoms with Gasteiger partial charge in [-0.25, -0.2) is 0 Å². The van der Waals surface area contributed by atoms with Crippen molar-refractivity contribution in [3.8, 4) is 0 Å². The molecule has 4 nitrogen and oxygen atoms in total. The Balaban J connectivity index is 2.04. The lowest BCUT2D eigenvalue weighted by atomic mass is 9.71. The van der Waals surface area contributed by atoms with E-state index >= 15 is 0 Å². The first kappa shape index (κ1) is 15.2. The maximum absolute atomic E-state index is 6.15. The fourth-order valence-corrected chi connectivity index (χ4v) is 3.88. The van der Waals surface area contributed by atoms with E-state index in [9.17, 15) is 0 Å². The molecular weight excluding hydrogens is 238 g/mol. The van der Waals surface area contributed by atoms with Crippen LogP contribution in [0.4, 0.5) is 0 Å². The van der Waals surface area contributed by atoms with Gasteiger partial charge in [-0.15, -0.1) is 0 Å². The van der Waals surface area contributed by atoms with E-state index in [1.807, 2.05) is 0 Å². The highest BCUT2D eigenvalue weighted by molar-refractivity contribution is 5.06. The Hall–Kier alpha value is -0.160. The molecule has 4 heteroatoms. The van der Waals surface area contributed by atoms with Gasteiger partial charge in [-0.05, 0) is 46.2 Å². The molecule has 112 valence electrons. The van der Waals surface area contributed by atoms with Crippen LogP contribution in [0.2, 0.25) is 0 Å². The summed E-state index contributed by atoms with van der Waals surface area (Å²) in [7, 11) is 2.24. The van der Waals surface area contributed by atoms with Crippen LogP contribution in [-0.4, -0.2) is 67.3 Å². The molecule has 0 bridgehead atoms. The molecule has 0 aromatic heterocycles. The molecule has 1 heterocycles. The normalized spacial score (nSPS) is 37.9. The van der Waals surface area contributed by atoms with E-state index in [2.05, 4.69) is 30.7 Å². The molecule has 1 aliphatic carbocycles. The van der Waals surface area contributed by atoms with E-state index in [0.29, 0.717) is 12.1 Å². The Kier molecular flexibility index (Phi) is 5.23. The lowest BCUT2D eigenvalue weighted by Gasteiger charge is -2.55. The molecule has 1 unspecified atom stereocenters. The average Bonchev–Trinajstić information content (AvgIpc) is 2.55. The molecule has 0 spiro atoms. The van der Waals surface area contributed by atoms with Crippen LogP contribution in [0.1, 0.15) is 39.5 Å². The quantitative estimate of drug-likeness (QED) is 0.817. The number of rotatable bonds is 5. The molecule has 0 radical (unpaired) electrons. The van der Waals surface area contributed by atoms with Crippen molar-refractivity contribution in [3.63, 3.8) is 0 Å². The van der Waals surface area contributed by atoms with Crippen molar-refractivity contribution in [2.45, 2.75) is 57.2 Å². The third-order valence-electron chi connectivity index (χ3n) is 4.98. The summed E-state index contributed by atoms with van der Waals surface area (Å²) in [5.74, 6) is 0. The van der Waals surface area contributed by atoms with Crippen LogP contribution < -0.4 is 5.73 Å². The van der Waals surface area contributed by atoms with E-state index < -0.39 is 0 Å². The zero-order valence-corrected chi connectivity index (χ0v) is 12.9. The molecule has 1 aliphatic heterocycles. The highest BCUT2D eigenvalue weighted by atomic mass is 16.5. The summed E-state index contributed by atoms with van der Waals surface area (Å²) < 4.78 is 5.75. The summed E-state index contributed by atoms with van der Waals surface area (Å²) in [5, 5.41) is 0. The van der Waals surface area contributed by atoms with Crippen molar-refractivity contribution in [2.75, 3.05) is 39.8 Å². The highest BCUT2D eigenvalue weighted by Gasteiger charge is 2.50. The average molecular weight is 269 g/mol. The van der Waals surface area contributed by atoms with Crippen molar-refractivity contribution >= 4 is 0 Å². The smallest absolute Gasteiger partial charge is 0.0611 e. The van der Waals surface area contributed by atoms with Crippen LogP contribution in [0, 0.1) is 0 Å². The van der Waals surface area contributed by atoms with Gasteiger partial charge in [-0.2, -0.15) is 0 Å². The van der Waals surface area contributed by atoms with E-state index in [-0.39, 0.29) is 5.54 Å². The van der Waals surface area contributed by atoms with E-state index in [1.165, 1.54) is 32.5 Å². The molecule has 2 fully saturated rings. The fourth-order valence-electron chi connectivity index (χ4n) is 3.88. The van der Waals surface area contributed by atoms with Crippen LogP contribution in [0.3, 0.4) is 0 Å². The number of hydrogen-bond acceptors (Lipinski definition) is 4. The molecule has 1 atom stereocenters. The summed E-state index contributed by atoms with van der Waals surface area (Å²) in [5.41, 5.74) is 6.36. The van der Waals surface area contributed by atoms with Crippen molar-refractivity contribution in [1.82, 2.24) is 9.80 Å². The van der Waals surface area contributed by atoms with Gasteiger partial charge in [0.25, 0.3) is 0 Å². The monoisotopic (exact) mass is 269 g/mol. The predicted octanol–water partition coefficient (Wildman–Crippen LogP) is 1.30. The molecule has 0 aromatic carbocycles. The third kappa shape index (κ3) is 3.13. The highest BCUT2D eigenvalue weighted by Crippen LogP contribution is 2.41. The number of nitrogens with zero attached hydrogens (tertiary/aromatic N) is 2. The lowest BCUT2D eigenvalue weighted by Crippen LogP contribution is -2.67. The predicted molar refractivity (Wildman–Crippen MR) is 79.3 cm³/mol. The minimum atomic E-state index is 0.214. The summed E-state index contributed by atoms with van der Waals surface area (Å²) >= 11 is 0. The van der Waals surface area contributed by atoms with Crippen LogP contribution in [0.25, 0.3) is 0 Å². The van der Waals surface area contributed by atoms with Crippen LogP contribution in [-0.2, 0) is 4.74 Å². The number of likely N-dealkylation sites (N-methyl/N-ethyl adjacent to an activating group) is 1. The zero-order valence-electron chi connectivity index (χ0n) is 12.9. The second-order valence-electron chi connectivity index (χ2n) is 6.29. The van der Waals surface area contributed by atoms with E-state index in [0.717, 1.165) is 26.0 Å². The topological polar surface area (TPSA) is 41.7 Å². The van der Waals surface area contributed by atoms with E-state index in [1.54, 1.807) is 0 Å². The van der Waals surface area contributed by atoms with Gasteiger partial charge < -0.3 is 15.4 Å². The molecule has 0 aromatic rings. The largest absolute Gasteiger partial charge is 0.378 e. The van der Waals surface area contributed by atoms with Crippen molar-refractivity contribution in [2.24, 2.45) is 5.73 Å². The standard InChI is InChI=1S/C15H31N3O/c1-4-13-11-17(3)7-6-8-18(13)15(12-16)9-14(10-15)19-5-2/h13-14H,4-12,16H2,1-3H3. The molecule has 0 amide bonds. The SMILES string of the molecule is CCOC1CC(CN)(N2CCCN(C)CC2CC)C1. The number of hydrogen-bond donors (Lipinski definition) is 1. The second-order valence-corrected chi connectivity index (χ2v) is 6.29. The van der Waals surface area contributed by atoms with Crippen molar-refractivity contribution in [1.29, 1.82) is 0 Å². The minimum absolute atomic E-state index is 0.214. The maximum Gasteiger partial charge on any atom is 0.0611 e. The lowest BCUT2D eigenvalue weighted by molar-refractivity contribution is -0.112. The van der Waals surface area contributed by atoms with Gasteiger partial charge in [0.15, 0.2) is 0 Å². The van der Waals surface area contributed by atoms with Crippen molar-refractivity contribution < 1.29 is 4.74 Å². The second kappa shape index (κ2) is 6.53. The van der Waals surface area contributed by atoms with Gasteiger partial charge in [0.2, 0.25) is 0 Å². The molecular formula is C15H31N3O. The van der Waals surface area contributed by atoms with Gasteiger partial charge in [0.1, 0.15) is 0 Å². The van der Waals surface area contributed by atoms with Gasteiger partial charge in [0.05, 0.1) is 6.10 Å². The first-order chi connectivity index (χ1) is 9.15. The molecule has 2 N–H and O–H groups in total. The van der Waals surface area contributed by atoms with Gasteiger partial charge in [-0.3, -0.25) is 4.90 Å². The van der Waals surface area contributed by atoms with Crippen LogP contribution in [0.5, 0.6) is 0 Å². The molecule has 2 rings (SSSR count). The number of ether oxygens (including phenoxy) is 1.